The van der Waals surface area contributed by atoms with Crippen LogP contribution in [0.3, 0.4) is 0 Å². The topological polar surface area (TPSA) is 51.2 Å². The van der Waals surface area contributed by atoms with Crippen LogP contribution in [-0.4, -0.2) is 18.0 Å². The first kappa shape index (κ1) is 12.9. The van der Waals surface area contributed by atoms with Crippen molar-refractivity contribution in [1.29, 1.82) is 0 Å². The molecule has 0 aliphatic heterocycles. The number of nitrogens with one attached hydrogen (secondary N) is 1. The predicted octanol–water partition coefficient (Wildman–Crippen LogP) is 3.37. The van der Waals surface area contributed by atoms with Crippen molar-refractivity contribution in [3.63, 3.8) is 0 Å². The number of anilines is 1. The fraction of sp³-hybridized carbons (Fsp3) is 0.167. The summed E-state index contributed by atoms with van der Waals surface area (Å²) in [6.45, 7) is 1.83. The number of ether oxygens (including phenoxy) is 1. The van der Waals surface area contributed by atoms with Gasteiger partial charge in [-0.15, -0.1) is 11.3 Å². The predicted molar refractivity (Wildman–Crippen MR) is 72.8 cm³/mol. The number of carbonyl (C=O) groups excluding carboxylic acids is 1. The third-order valence-electron chi connectivity index (χ3n) is 2.31. The maximum absolute atomic E-state index is 11.9. The van der Waals surface area contributed by atoms with Crippen LogP contribution in [-0.2, 0) is 0 Å². The zero-order valence-corrected chi connectivity index (χ0v) is 11.4. The first-order valence-corrected chi connectivity index (χ1v) is 6.42. The first-order valence-electron chi connectivity index (χ1n) is 5.16. The van der Waals surface area contributed by atoms with Gasteiger partial charge in [0.25, 0.3) is 5.91 Å². The lowest BCUT2D eigenvalue weighted by Crippen LogP contribution is -2.10. The number of aryl methyl sites for hydroxylation is 1. The van der Waals surface area contributed by atoms with E-state index in [0.717, 1.165) is 5.56 Å². The van der Waals surface area contributed by atoms with Crippen LogP contribution in [0.15, 0.2) is 23.7 Å². The van der Waals surface area contributed by atoms with E-state index < -0.39 is 0 Å². The van der Waals surface area contributed by atoms with Crippen molar-refractivity contribution in [1.82, 2.24) is 4.98 Å². The Bertz CT molecular complexity index is 583. The normalized spacial score (nSPS) is 10.2. The zero-order chi connectivity index (χ0) is 13.1. The lowest BCUT2D eigenvalue weighted by Gasteiger charge is -2.04. The summed E-state index contributed by atoms with van der Waals surface area (Å²) in [4.78, 5) is 16.5. The lowest BCUT2D eigenvalue weighted by molar-refractivity contribution is 0.103. The summed E-state index contributed by atoms with van der Waals surface area (Å²) in [7, 11) is 1.57. The van der Waals surface area contributed by atoms with Crippen molar-refractivity contribution in [2.24, 2.45) is 0 Å². The van der Waals surface area contributed by atoms with Gasteiger partial charge in [-0.2, -0.15) is 0 Å². The summed E-state index contributed by atoms with van der Waals surface area (Å²) >= 11 is 7.14. The van der Waals surface area contributed by atoms with Gasteiger partial charge in [-0.1, -0.05) is 11.6 Å². The third-order valence-corrected chi connectivity index (χ3v) is 3.61. The Labute approximate surface area is 114 Å². The van der Waals surface area contributed by atoms with E-state index in [2.05, 4.69) is 10.3 Å². The van der Waals surface area contributed by atoms with Gasteiger partial charge in [-0.3, -0.25) is 4.79 Å². The van der Waals surface area contributed by atoms with E-state index in [-0.39, 0.29) is 5.91 Å². The smallest absolute Gasteiger partial charge is 0.265 e. The average Bonchev–Trinajstić information content (AvgIpc) is 2.82. The SMILES string of the molecule is COc1csc(C(=O)Nc2cnc(Cl)c(C)c2)c1. The summed E-state index contributed by atoms with van der Waals surface area (Å²) in [5.41, 5.74) is 1.44. The number of hydrogen-bond acceptors (Lipinski definition) is 4. The van der Waals surface area contributed by atoms with Gasteiger partial charge in [-0.25, -0.2) is 4.98 Å². The molecule has 0 fully saturated rings. The van der Waals surface area contributed by atoms with Gasteiger partial charge in [0.2, 0.25) is 0 Å². The number of hydrogen-bond donors (Lipinski definition) is 1. The molecule has 2 aromatic rings. The molecule has 0 unspecified atom stereocenters. The third kappa shape index (κ3) is 2.80. The molecule has 0 saturated heterocycles. The Morgan fingerprint density at radius 1 is 1.50 bits per heavy atom. The Morgan fingerprint density at radius 3 is 2.89 bits per heavy atom. The van der Waals surface area contributed by atoms with Gasteiger partial charge in [0.15, 0.2) is 0 Å². The molecule has 2 aromatic heterocycles. The van der Waals surface area contributed by atoms with Crippen LogP contribution >= 0.6 is 22.9 Å². The summed E-state index contributed by atoms with van der Waals surface area (Å²) in [5.74, 6) is 0.488. The van der Waals surface area contributed by atoms with Crippen LogP contribution in [0, 0.1) is 6.92 Å². The molecular weight excluding hydrogens is 272 g/mol. The lowest BCUT2D eigenvalue weighted by atomic mass is 10.3. The number of rotatable bonds is 3. The van der Waals surface area contributed by atoms with E-state index in [0.29, 0.717) is 21.5 Å². The van der Waals surface area contributed by atoms with E-state index in [1.54, 1.807) is 24.6 Å². The van der Waals surface area contributed by atoms with Gasteiger partial charge >= 0.3 is 0 Å². The van der Waals surface area contributed by atoms with Crippen LogP contribution in [0.2, 0.25) is 5.15 Å². The van der Waals surface area contributed by atoms with E-state index in [4.69, 9.17) is 16.3 Å². The molecule has 0 saturated carbocycles. The van der Waals surface area contributed by atoms with Crippen LogP contribution in [0.25, 0.3) is 0 Å². The van der Waals surface area contributed by atoms with Gasteiger partial charge < -0.3 is 10.1 Å². The van der Waals surface area contributed by atoms with Crippen LogP contribution in [0.1, 0.15) is 15.2 Å². The number of halogens is 1. The Hall–Kier alpha value is -1.59. The fourth-order valence-corrected chi connectivity index (χ4v) is 2.22. The second-order valence-corrected chi connectivity index (χ2v) is 4.91. The number of amides is 1. The highest BCUT2D eigenvalue weighted by Gasteiger charge is 2.10. The van der Waals surface area contributed by atoms with Crippen molar-refractivity contribution in [2.45, 2.75) is 6.92 Å². The molecule has 0 radical (unpaired) electrons. The van der Waals surface area contributed by atoms with Gasteiger partial charge in [-0.05, 0) is 18.6 Å². The molecule has 1 N–H and O–H groups in total. The number of aromatic nitrogens is 1. The van der Waals surface area contributed by atoms with E-state index in [1.165, 1.54) is 17.5 Å². The minimum Gasteiger partial charge on any atom is -0.496 e. The summed E-state index contributed by atoms with van der Waals surface area (Å²) in [6.07, 6.45) is 1.53. The second-order valence-electron chi connectivity index (χ2n) is 3.64. The Kier molecular flexibility index (Phi) is 3.84. The quantitative estimate of drug-likeness (QED) is 0.878. The van der Waals surface area contributed by atoms with Crippen LogP contribution in [0.5, 0.6) is 5.75 Å². The number of pyridine rings is 1. The van der Waals surface area contributed by atoms with Gasteiger partial charge in [0, 0.05) is 11.4 Å². The molecule has 6 heteroatoms. The zero-order valence-electron chi connectivity index (χ0n) is 9.86. The second kappa shape index (κ2) is 5.37. The summed E-state index contributed by atoms with van der Waals surface area (Å²) in [5, 5.41) is 4.97. The molecule has 94 valence electrons. The molecular formula is C12H11ClN2O2S. The number of thiophene rings is 1. The molecule has 0 aromatic carbocycles. The van der Waals surface area contributed by atoms with Crippen molar-refractivity contribution in [3.05, 3.63) is 39.3 Å². The molecule has 0 bridgehead atoms. The standard InChI is InChI=1S/C12H11ClN2O2S/c1-7-3-8(5-14-11(7)13)15-12(16)10-4-9(17-2)6-18-10/h3-6H,1-2H3,(H,15,16). The molecule has 1 amide bonds. The molecule has 0 aliphatic carbocycles. The largest absolute Gasteiger partial charge is 0.496 e. The number of methoxy groups -OCH3 is 1. The molecule has 0 atom stereocenters. The Morgan fingerprint density at radius 2 is 2.28 bits per heavy atom. The van der Waals surface area contributed by atoms with E-state index in [9.17, 15) is 4.79 Å². The minimum atomic E-state index is -0.188. The number of carbonyl (C=O) groups is 1. The molecule has 18 heavy (non-hydrogen) atoms. The molecule has 2 heterocycles. The molecule has 2 rings (SSSR count). The summed E-state index contributed by atoms with van der Waals surface area (Å²) < 4.78 is 5.03. The minimum absolute atomic E-state index is 0.188. The van der Waals surface area contributed by atoms with Gasteiger partial charge in [0.1, 0.15) is 10.9 Å². The van der Waals surface area contributed by atoms with Crippen molar-refractivity contribution in [2.75, 3.05) is 12.4 Å². The number of nitrogens with zero attached hydrogens (tertiary/aromatic N) is 1. The molecule has 0 aliphatic rings. The van der Waals surface area contributed by atoms with Crippen molar-refractivity contribution < 1.29 is 9.53 Å². The maximum Gasteiger partial charge on any atom is 0.265 e. The maximum atomic E-state index is 11.9. The van der Waals surface area contributed by atoms with Crippen molar-refractivity contribution >= 4 is 34.5 Å². The van der Waals surface area contributed by atoms with Gasteiger partial charge in [0.05, 0.1) is 23.9 Å². The fourth-order valence-electron chi connectivity index (χ4n) is 1.36. The van der Waals surface area contributed by atoms with Crippen molar-refractivity contribution in [3.8, 4) is 5.75 Å². The summed E-state index contributed by atoms with van der Waals surface area (Å²) in [6, 6.07) is 3.47. The molecule has 0 spiro atoms. The Balaban J connectivity index is 2.13. The average molecular weight is 283 g/mol. The highest BCUT2D eigenvalue weighted by molar-refractivity contribution is 7.12. The van der Waals surface area contributed by atoms with E-state index >= 15 is 0 Å². The monoisotopic (exact) mass is 282 g/mol. The highest BCUT2D eigenvalue weighted by atomic mass is 35.5. The molecule has 4 nitrogen and oxygen atoms in total. The van der Waals surface area contributed by atoms with E-state index in [1.807, 2.05) is 6.92 Å². The van der Waals surface area contributed by atoms with Crippen LogP contribution < -0.4 is 10.1 Å². The van der Waals surface area contributed by atoms with Crippen LogP contribution in [0.4, 0.5) is 5.69 Å². The highest BCUT2D eigenvalue weighted by Crippen LogP contribution is 2.23. The first-order chi connectivity index (χ1) is 8.60.